The molecule has 6 heteroatoms. The van der Waals surface area contributed by atoms with Gasteiger partial charge in [-0.25, -0.2) is 9.18 Å². The van der Waals surface area contributed by atoms with Crippen LogP contribution in [0, 0.1) is 12.7 Å². The van der Waals surface area contributed by atoms with Gasteiger partial charge in [-0.3, -0.25) is 4.79 Å². The first-order valence-corrected chi connectivity index (χ1v) is 11.1. The number of aryl methyl sites for hydroxylation is 1. The molecule has 1 heterocycles. The lowest BCUT2D eigenvalue weighted by Gasteiger charge is -2.29. The number of benzene rings is 3. The van der Waals surface area contributed by atoms with E-state index in [2.05, 4.69) is 0 Å². The van der Waals surface area contributed by atoms with E-state index < -0.39 is 5.63 Å². The topological polar surface area (TPSA) is 59.8 Å². The van der Waals surface area contributed by atoms with Gasteiger partial charge >= 0.3 is 5.63 Å². The van der Waals surface area contributed by atoms with E-state index in [1.807, 2.05) is 49.4 Å². The first-order valence-electron chi connectivity index (χ1n) is 11.1. The number of ether oxygens (including phenoxy) is 1. The van der Waals surface area contributed by atoms with Crippen LogP contribution in [-0.2, 0) is 11.2 Å². The Morgan fingerprint density at radius 3 is 2.38 bits per heavy atom. The zero-order valence-corrected chi connectivity index (χ0v) is 19.4. The number of carbonyl (C=O) groups excluding carboxylic acids is 1. The van der Waals surface area contributed by atoms with Crippen LogP contribution in [0.5, 0.6) is 5.75 Å². The van der Waals surface area contributed by atoms with E-state index in [-0.39, 0.29) is 30.6 Å². The van der Waals surface area contributed by atoms with Crippen molar-refractivity contribution in [2.75, 3.05) is 14.2 Å². The van der Waals surface area contributed by atoms with Crippen LogP contribution in [0.2, 0.25) is 0 Å². The number of amides is 1. The summed E-state index contributed by atoms with van der Waals surface area (Å²) in [4.78, 5) is 27.6. The van der Waals surface area contributed by atoms with Crippen molar-refractivity contribution in [3.63, 3.8) is 0 Å². The molecular formula is C28H26FNO4. The van der Waals surface area contributed by atoms with Crippen LogP contribution >= 0.6 is 0 Å². The number of halogens is 1. The normalized spacial score (nSPS) is 11.9. The molecule has 0 aliphatic rings. The van der Waals surface area contributed by atoms with Gasteiger partial charge in [0, 0.05) is 30.5 Å². The molecule has 4 aromatic rings. The molecule has 174 valence electrons. The Morgan fingerprint density at radius 2 is 1.71 bits per heavy atom. The molecule has 0 aliphatic heterocycles. The van der Waals surface area contributed by atoms with Gasteiger partial charge in [-0.2, -0.15) is 0 Å². The molecule has 0 spiro atoms. The molecule has 0 aliphatic carbocycles. The van der Waals surface area contributed by atoms with E-state index in [0.717, 1.165) is 22.1 Å². The van der Waals surface area contributed by atoms with Crippen molar-refractivity contribution < 1.29 is 18.3 Å². The van der Waals surface area contributed by atoms with Crippen molar-refractivity contribution in [1.82, 2.24) is 4.90 Å². The third-order valence-corrected chi connectivity index (χ3v) is 6.17. The van der Waals surface area contributed by atoms with Gasteiger partial charge in [0.1, 0.15) is 17.1 Å². The average Bonchev–Trinajstić information content (AvgIpc) is 2.85. The molecule has 0 N–H and O–H groups in total. The maximum atomic E-state index is 13.5. The number of nitrogens with zero attached hydrogens (tertiary/aromatic N) is 1. The zero-order valence-electron chi connectivity index (χ0n) is 19.4. The highest BCUT2D eigenvalue weighted by molar-refractivity contribution is 5.83. The number of rotatable bonds is 7. The van der Waals surface area contributed by atoms with Crippen molar-refractivity contribution in [2.45, 2.75) is 25.8 Å². The van der Waals surface area contributed by atoms with Crippen LogP contribution in [-0.4, -0.2) is 25.0 Å². The highest BCUT2D eigenvalue weighted by Gasteiger charge is 2.24. The second-order valence-electron chi connectivity index (χ2n) is 8.22. The van der Waals surface area contributed by atoms with Crippen LogP contribution < -0.4 is 10.4 Å². The molecule has 0 saturated heterocycles. The Kier molecular flexibility index (Phi) is 6.77. The second-order valence-corrected chi connectivity index (χ2v) is 8.22. The minimum Gasteiger partial charge on any atom is -0.497 e. The molecule has 0 saturated carbocycles. The highest BCUT2D eigenvalue weighted by Crippen LogP contribution is 2.29. The fourth-order valence-electron chi connectivity index (χ4n) is 4.26. The van der Waals surface area contributed by atoms with E-state index in [9.17, 15) is 14.0 Å². The number of hydrogen-bond acceptors (Lipinski definition) is 4. The van der Waals surface area contributed by atoms with E-state index in [1.165, 1.54) is 12.1 Å². The summed E-state index contributed by atoms with van der Waals surface area (Å²) >= 11 is 0. The van der Waals surface area contributed by atoms with Gasteiger partial charge < -0.3 is 14.1 Å². The molecule has 1 amide bonds. The second kappa shape index (κ2) is 9.91. The van der Waals surface area contributed by atoms with Gasteiger partial charge in [0.05, 0.1) is 13.2 Å². The Balaban J connectivity index is 1.59. The Hall–Kier alpha value is -3.93. The molecule has 1 atom stereocenters. The van der Waals surface area contributed by atoms with Crippen molar-refractivity contribution in [3.05, 3.63) is 111 Å². The molecule has 3 aromatic carbocycles. The maximum Gasteiger partial charge on any atom is 0.339 e. The van der Waals surface area contributed by atoms with Gasteiger partial charge in [-0.15, -0.1) is 0 Å². The van der Waals surface area contributed by atoms with Crippen LogP contribution in [0.4, 0.5) is 4.39 Å². The molecule has 1 unspecified atom stereocenters. The average molecular weight is 460 g/mol. The lowest BCUT2D eigenvalue weighted by Crippen LogP contribution is -2.32. The third kappa shape index (κ3) is 4.71. The number of carbonyl (C=O) groups is 1. The first kappa shape index (κ1) is 23.2. The summed E-state index contributed by atoms with van der Waals surface area (Å²) in [6.07, 6.45) is 0.387. The summed E-state index contributed by atoms with van der Waals surface area (Å²) in [6.45, 7) is 1.86. The van der Waals surface area contributed by atoms with E-state index >= 15 is 0 Å². The highest BCUT2D eigenvalue weighted by atomic mass is 19.1. The van der Waals surface area contributed by atoms with Crippen LogP contribution in [0.1, 0.15) is 34.7 Å². The standard InChI is InChI=1S/C28H26FNO4/c1-18-23-14-13-22(33-3)17-25(23)34-28(32)24(18)15-16-26(31)30(2)27(19-7-5-4-6-8-19)20-9-11-21(29)12-10-20/h4-14,17,27H,15-16H2,1-3H3. The quantitative estimate of drug-likeness (QED) is 0.346. The van der Waals surface area contributed by atoms with E-state index in [4.69, 9.17) is 9.15 Å². The fourth-order valence-corrected chi connectivity index (χ4v) is 4.26. The first-order chi connectivity index (χ1) is 16.4. The predicted octanol–water partition coefficient (Wildman–Crippen LogP) is 5.43. The summed E-state index contributed by atoms with van der Waals surface area (Å²) in [7, 11) is 3.28. The van der Waals surface area contributed by atoms with Crippen molar-refractivity contribution >= 4 is 16.9 Å². The largest absolute Gasteiger partial charge is 0.497 e. The van der Waals surface area contributed by atoms with Crippen LogP contribution in [0.3, 0.4) is 0 Å². The Bertz CT molecular complexity index is 1360. The predicted molar refractivity (Wildman–Crippen MR) is 130 cm³/mol. The zero-order chi connectivity index (χ0) is 24.2. The molecular weight excluding hydrogens is 433 g/mol. The number of fused-ring (bicyclic) bond motifs is 1. The lowest BCUT2D eigenvalue weighted by molar-refractivity contribution is -0.131. The molecule has 5 nitrogen and oxygen atoms in total. The van der Waals surface area contributed by atoms with Crippen LogP contribution in [0.25, 0.3) is 11.0 Å². The molecule has 0 bridgehead atoms. The monoisotopic (exact) mass is 459 g/mol. The van der Waals surface area contributed by atoms with E-state index in [1.54, 1.807) is 37.3 Å². The number of hydrogen-bond donors (Lipinski definition) is 0. The molecule has 0 radical (unpaired) electrons. The number of methoxy groups -OCH3 is 1. The van der Waals surface area contributed by atoms with Crippen molar-refractivity contribution in [3.8, 4) is 5.75 Å². The Labute approximate surface area is 197 Å². The van der Waals surface area contributed by atoms with Crippen molar-refractivity contribution in [1.29, 1.82) is 0 Å². The summed E-state index contributed by atoms with van der Waals surface area (Å²) < 4.78 is 24.2. The Morgan fingerprint density at radius 1 is 1.03 bits per heavy atom. The molecule has 4 rings (SSSR count). The summed E-state index contributed by atoms with van der Waals surface area (Å²) in [5.74, 6) is 0.139. The minimum atomic E-state index is -0.452. The molecule has 1 aromatic heterocycles. The minimum absolute atomic E-state index is 0.133. The van der Waals surface area contributed by atoms with Gasteiger partial charge in [-0.1, -0.05) is 42.5 Å². The summed E-state index contributed by atoms with van der Waals surface area (Å²) in [5, 5.41) is 0.810. The molecule has 0 fully saturated rings. The molecule has 34 heavy (non-hydrogen) atoms. The third-order valence-electron chi connectivity index (χ3n) is 6.17. The van der Waals surface area contributed by atoms with Gasteiger partial charge in [0.2, 0.25) is 5.91 Å². The smallest absolute Gasteiger partial charge is 0.339 e. The van der Waals surface area contributed by atoms with Gasteiger partial charge in [-0.05, 0) is 54.3 Å². The SMILES string of the molecule is COc1ccc2c(C)c(CCC(=O)N(C)C(c3ccccc3)c3ccc(F)cc3)c(=O)oc2c1. The maximum absolute atomic E-state index is 13.5. The van der Waals surface area contributed by atoms with Gasteiger partial charge in [0.15, 0.2) is 0 Å². The van der Waals surface area contributed by atoms with Crippen molar-refractivity contribution in [2.24, 2.45) is 0 Å². The summed E-state index contributed by atoms with van der Waals surface area (Å²) in [5.41, 5.74) is 3.00. The van der Waals surface area contributed by atoms with E-state index in [0.29, 0.717) is 16.9 Å². The van der Waals surface area contributed by atoms with Gasteiger partial charge in [0.25, 0.3) is 0 Å². The van der Waals surface area contributed by atoms with Crippen LogP contribution in [0.15, 0.2) is 82.0 Å². The fraction of sp³-hybridized carbons (Fsp3) is 0.214. The lowest BCUT2D eigenvalue weighted by atomic mass is 9.96. The summed E-state index contributed by atoms with van der Waals surface area (Å²) in [6, 6.07) is 20.7.